The molecular formula is C19H22N4O2. The van der Waals surface area contributed by atoms with Gasteiger partial charge in [0.1, 0.15) is 11.5 Å². The van der Waals surface area contributed by atoms with Crippen LogP contribution in [0.3, 0.4) is 0 Å². The summed E-state index contributed by atoms with van der Waals surface area (Å²) in [5.74, 6) is 1.25. The second-order valence-electron chi connectivity index (χ2n) is 6.28. The number of nitrogens with zero attached hydrogens (tertiary/aromatic N) is 2. The maximum Gasteiger partial charge on any atom is 0.272 e. The van der Waals surface area contributed by atoms with Gasteiger partial charge in [-0.05, 0) is 38.7 Å². The molecule has 3 rings (SSSR count). The Bertz CT molecular complexity index is 836. The number of rotatable bonds is 6. The summed E-state index contributed by atoms with van der Waals surface area (Å²) in [6, 6.07) is 15.2. The average Bonchev–Trinajstić information content (AvgIpc) is 3.23. The number of furan rings is 1. The summed E-state index contributed by atoms with van der Waals surface area (Å²) in [6.07, 6.45) is 0. The first-order valence-corrected chi connectivity index (χ1v) is 8.15. The molecule has 130 valence electrons. The summed E-state index contributed by atoms with van der Waals surface area (Å²) in [7, 11) is 3.96. The Balaban J connectivity index is 1.76. The van der Waals surface area contributed by atoms with E-state index in [1.807, 2.05) is 68.4 Å². The molecule has 2 heterocycles. The fourth-order valence-corrected chi connectivity index (χ4v) is 2.66. The van der Waals surface area contributed by atoms with Crippen molar-refractivity contribution in [3.63, 3.8) is 0 Å². The fraction of sp³-hybridized carbons (Fsp3) is 0.263. The number of aromatic nitrogens is 2. The second kappa shape index (κ2) is 7.36. The minimum absolute atomic E-state index is 0.116. The van der Waals surface area contributed by atoms with Crippen LogP contribution >= 0.6 is 0 Å². The first-order valence-electron chi connectivity index (χ1n) is 8.15. The van der Waals surface area contributed by atoms with Crippen molar-refractivity contribution >= 4 is 5.91 Å². The second-order valence-corrected chi connectivity index (χ2v) is 6.28. The van der Waals surface area contributed by atoms with Crippen molar-refractivity contribution in [3.8, 4) is 11.5 Å². The third-order valence-corrected chi connectivity index (χ3v) is 3.87. The minimum Gasteiger partial charge on any atom is -0.460 e. The number of H-pyrrole nitrogens is 1. The Morgan fingerprint density at radius 1 is 1.24 bits per heavy atom. The zero-order valence-corrected chi connectivity index (χ0v) is 14.6. The molecule has 0 aliphatic rings. The van der Waals surface area contributed by atoms with E-state index < -0.39 is 0 Å². The molecule has 1 aromatic carbocycles. The van der Waals surface area contributed by atoms with Gasteiger partial charge >= 0.3 is 0 Å². The van der Waals surface area contributed by atoms with Crippen LogP contribution in [0.25, 0.3) is 11.5 Å². The number of carbonyl (C=O) groups excluding carboxylic acids is 1. The SMILES string of the molecule is Cc1ccc(-c2cc(C(=O)NC(CN(C)C)c3ccccc3)n[nH]2)o1. The van der Waals surface area contributed by atoms with Crippen LogP contribution in [0.5, 0.6) is 0 Å². The summed E-state index contributed by atoms with van der Waals surface area (Å²) in [4.78, 5) is 14.7. The van der Waals surface area contributed by atoms with Gasteiger partial charge < -0.3 is 14.6 Å². The van der Waals surface area contributed by atoms with Crippen molar-refractivity contribution in [1.82, 2.24) is 20.4 Å². The van der Waals surface area contributed by atoms with Crippen LogP contribution in [0.2, 0.25) is 0 Å². The van der Waals surface area contributed by atoms with Crippen molar-refractivity contribution in [2.45, 2.75) is 13.0 Å². The lowest BCUT2D eigenvalue weighted by molar-refractivity contribution is 0.0925. The summed E-state index contributed by atoms with van der Waals surface area (Å²) >= 11 is 0. The first kappa shape index (κ1) is 17.0. The number of aryl methyl sites for hydroxylation is 1. The quantitative estimate of drug-likeness (QED) is 0.724. The predicted octanol–water partition coefficient (Wildman–Crippen LogP) is 3.01. The maximum absolute atomic E-state index is 12.6. The van der Waals surface area contributed by atoms with E-state index in [1.54, 1.807) is 6.07 Å². The third-order valence-electron chi connectivity index (χ3n) is 3.87. The van der Waals surface area contributed by atoms with E-state index in [0.717, 1.165) is 11.3 Å². The van der Waals surface area contributed by atoms with Gasteiger partial charge in [0.2, 0.25) is 0 Å². The van der Waals surface area contributed by atoms with E-state index in [2.05, 4.69) is 15.5 Å². The number of likely N-dealkylation sites (N-methyl/N-ethyl adjacent to an activating group) is 1. The minimum atomic E-state index is -0.221. The average molecular weight is 338 g/mol. The lowest BCUT2D eigenvalue weighted by atomic mass is 10.1. The van der Waals surface area contributed by atoms with Crippen molar-refractivity contribution in [2.24, 2.45) is 0 Å². The molecule has 0 radical (unpaired) electrons. The number of benzene rings is 1. The van der Waals surface area contributed by atoms with Crippen molar-refractivity contribution in [3.05, 3.63) is 65.5 Å². The normalized spacial score (nSPS) is 12.3. The summed E-state index contributed by atoms with van der Waals surface area (Å²) in [6.45, 7) is 2.57. The highest BCUT2D eigenvalue weighted by Crippen LogP contribution is 2.21. The van der Waals surface area contributed by atoms with Gasteiger partial charge in [0, 0.05) is 12.6 Å². The molecule has 0 fully saturated rings. The number of hydrogen-bond donors (Lipinski definition) is 2. The summed E-state index contributed by atoms with van der Waals surface area (Å²) in [5, 5.41) is 10.0. The number of hydrogen-bond acceptors (Lipinski definition) is 4. The summed E-state index contributed by atoms with van der Waals surface area (Å²) in [5.41, 5.74) is 2.08. The Labute approximate surface area is 146 Å². The Morgan fingerprint density at radius 2 is 2.00 bits per heavy atom. The molecule has 6 heteroatoms. The van der Waals surface area contributed by atoms with Crippen LogP contribution < -0.4 is 5.32 Å². The molecule has 0 saturated heterocycles. The predicted molar refractivity (Wildman–Crippen MR) is 96.2 cm³/mol. The van der Waals surface area contributed by atoms with Crippen molar-refractivity contribution in [2.75, 3.05) is 20.6 Å². The van der Waals surface area contributed by atoms with Crippen LogP contribution in [-0.4, -0.2) is 41.6 Å². The Morgan fingerprint density at radius 3 is 2.64 bits per heavy atom. The highest BCUT2D eigenvalue weighted by molar-refractivity contribution is 5.93. The highest BCUT2D eigenvalue weighted by atomic mass is 16.3. The van der Waals surface area contributed by atoms with Gasteiger partial charge in [-0.15, -0.1) is 0 Å². The molecule has 2 aromatic heterocycles. The van der Waals surface area contributed by atoms with Crippen molar-refractivity contribution in [1.29, 1.82) is 0 Å². The molecule has 0 saturated carbocycles. The largest absolute Gasteiger partial charge is 0.460 e. The Kier molecular flexibility index (Phi) is 5.00. The fourth-order valence-electron chi connectivity index (χ4n) is 2.66. The number of aromatic amines is 1. The van der Waals surface area contributed by atoms with E-state index >= 15 is 0 Å². The first-order chi connectivity index (χ1) is 12.0. The van der Waals surface area contributed by atoms with Crippen LogP contribution in [-0.2, 0) is 0 Å². The molecule has 2 N–H and O–H groups in total. The van der Waals surface area contributed by atoms with E-state index in [-0.39, 0.29) is 11.9 Å². The van der Waals surface area contributed by atoms with Gasteiger partial charge in [-0.1, -0.05) is 30.3 Å². The van der Waals surface area contributed by atoms with Crippen LogP contribution in [0.15, 0.2) is 52.9 Å². The zero-order chi connectivity index (χ0) is 17.8. The van der Waals surface area contributed by atoms with E-state index in [4.69, 9.17) is 4.42 Å². The summed E-state index contributed by atoms with van der Waals surface area (Å²) < 4.78 is 5.56. The monoisotopic (exact) mass is 338 g/mol. The molecule has 0 aliphatic carbocycles. The zero-order valence-electron chi connectivity index (χ0n) is 14.6. The topological polar surface area (TPSA) is 74.2 Å². The van der Waals surface area contributed by atoms with E-state index in [0.29, 0.717) is 23.7 Å². The molecule has 1 atom stereocenters. The van der Waals surface area contributed by atoms with Gasteiger partial charge in [0.15, 0.2) is 11.5 Å². The number of nitrogens with one attached hydrogen (secondary N) is 2. The van der Waals surface area contributed by atoms with Crippen LogP contribution in [0.1, 0.15) is 27.9 Å². The molecular weight excluding hydrogens is 316 g/mol. The molecule has 3 aromatic rings. The van der Waals surface area contributed by atoms with E-state index in [9.17, 15) is 4.79 Å². The molecule has 0 bridgehead atoms. The molecule has 1 unspecified atom stereocenters. The lowest BCUT2D eigenvalue weighted by Gasteiger charge is -2.22. The third kappa shape index (κ3) is 4.16. The lowest BCUT2D eigenvalue weighted by Crippen LogP contribution is -2.35. The Hall–Kier alpha value is -2.86. The van der Waals surface area contributed by atoms with Gasteiger partial charge in [0.25, 0.3) is 5.91 Å². The number of carbonyl (C=O) groups is 1. The maximum atomic E-state index is 12.6. The standard InChI is InChI=1S/C19H22N4O2/c1-13-9-10-18(25-13)15-11-16(22-21-15)19(24)20-17(12-23(2)3)14-7-5-4-6-8-14/h4-11,17H,12H2,1-3H3,(H,20,24)(H,21,22). The van der Waals surface area contributed by atoms with Gasteiger partial charge in [-0.3, -0.25) is 9.89 Å². The number of amides is 1. The van der Waals surface area contributed by atoms with Gasteiger partial charge in [-0.25, -0.2) is 0 Å². The molecule has 0 spiro atoms. The molecule has 1 amide bonds. The smallest absolute Gasteiger partial charge is 0.272 e. The highest BCUT2D eigenvalue weighted by Gasteiger charge is 2.19. The molecule has 6 nitrogen and oxygen atoms in total. The van der Waals surface area contributed by atoms with Gasteiger partial charge in [0.05, 0.1) is 6.04 Å². The van der Waals surface area contributed by atoms with E-state index in [1.165, 1.54) is 0 Å². The van der Waals surface area contributed by atoms with Crippen LogP contribution in [0, 0.1) is 6.92 Å². The van der Waals surface area contributed by atoms with Gasteiger partial charge in [-0.2, -0.15) is 5.10 Å². The van der Waals surface area contributed by atoms with Crippen LogP contribution in [0.4, 0.5) is 0 Å². The molecule has 25 heavy (non-hydrogen) atoms. The molecule has 0 aliphatic heterocycles. The van der Waals surface area contributed by atoms with Crippen molar-refractivity contribution < 1.29 is 9.21 Å².